The number of hydrogen-bond acceptors (Lipinski definition) is 3. The van der Waals surface area contributed by atoms with E-state index in [0.717, 1.165) is 35.7 Å². The molecular formula is C24H24N2OS. The van der Waals surface area contributed by atoms with Crippen molar-refractivity contribution in [2.45, 2.75) is 25.3 Å². The second-order valence-electron chi connectivity index (χ2n) is 7.76. The Hall–Kier alpha value is -2.43. The highest BCUT2D eigenvalue weighted by Gasteiger charge is 2.40. The Labute approximate surface area is 170 Å². The van der Waals surface area contributed by atoms with E-state index in [4.69, 9.17) is 0 Å². The third-order valence-electron chi connectivity index (χ3n) is 5.82. The van der Waals surface area contributed by atoms with Crippen molar-refractivity contribution in [1.82, 2.24) is 4.90 Å². The third-order valence-corrected chi connectivity index (χ3v) is 6.82. The molecule has 1 N–H and O–H groups in total. The minimum absolute atomic E-state index is 0.0766. The Balaban J connectivity index is 1.34. The maximum Gasteiger partial charge on any atom is 0.238 e. The van der Waals surface area contributed by atoms with Gasteiger partial charge in [-0.2, -0.15) is 0 Å². The number of thiophene rings is 1. The van der Waals surface area contributed by atoms with Crippen molar-refractivity contribution in [3.05, 3.63) is 76.5 Å². The van der Waals surface area contributed by atoms with Gasteiger partial charge in [0, 0.05) is 28.7 Å². The topological polar surface area (TPSA) is 32.3 Å². The maximum absolute atomic E-state index is 13.0. The van der Waals surface area contributed by atoms with E-state index in [9.17, 15) is 4.79 Å². The number of carbonyl (C=O) groups is 1. The number of fused-ring (bicyclic) bond motifs is 1. The van der Waals surface area contributed by atoms with Crippen LogP contribution < -0.4 is 5.32 Å². The molecule has 1 aliphatic heterocycles. The molecule has 142 valence electrons. The summed E-state index contributed by atoms with van der Waals surface area (Å²) in [5, 5.41) is 5.38. The molecule has 2 aromatic carbocycles. The van der Waals surface area contributed by atoms with Gasteiger partial charge in [0.2, 0.25) is 5.91 Å². The predicted molar refractivity (Wildman–Crippen MR) is 116 cm³/mol. The van der Waals surface area contributed by atoms with Crippen LogP contribution in [0.5, 0.6) is 0 Å². The van der Waals surface area contributed by atoms with Crippen molar-refractivity contribution in [3.8, 4) is 11.1 Å². The molecule has 1 fully saturated rings. The molecular weight excluding hydrogens is 364 g/mol. The van der Waals surface area contributed by atoms with Crippen LogP contribution in [0.1, 0.15) is 29.3 Å². The SMILES string of the molecule is O=C(CN1CCc2sccc2[C@H]1C1CC1)Nc1ccccc1-c1ccccc1. The molecule has 4 heteroatoms. The van der Waals surface area contributed by atoms with E-state index in [0.29, 0.717) is 12.6 Å². The van der Waals surface area contributed by atoms with Gasteiger partial charge in [-0.1, -0.05) is 48.5 Å². The molecule has 0 spiro atoms. The normalized spacial score (nSPS) is 19.2. The lowest BCUT2D eigenvalue weighted by molar-refractivity contribution is -0.118. The first-order valence-electron chi connectivity index (χ1n) is 10.0. The first kappa shape index (κ1) is 17.7. The molecule has 28 heavy (non-hydrogen) atoms. The number of anilines is 1. The number of rotatable bonds is 5. The van der Waals surface area contributed by atoms with Gasteiger partial charge in [-0.05, 0) is 53.8 Å². The fourth-order valence-electron chi connectivity index (χ4n) is 4.38. The van der Waals surface area contributed by atoms with E-state index < -0.39 is 0 Å². The van der Waals surface area contributed by atoms with Gasteiger partial charge in [0.15, 0.2) is 0 Å². The number of benzene rings is 2. The molecule has 1 saturated carbocycles. The Morgan fingerprint density at radius 2 is 1.82 bits per heavy atom. The van der Waals surface area contributed by atoms with Crippen molar-refractivity contribution in [3.63, 3.8) is 0 Å². The highest BCUT2D eigenvalue weighted by molar-refractivity contribution is 7.10. The molecule has 2 aliphatic rings. The maximum atomic E-state index is 13.0. The van der Waals surface area contributed by atoms with Crippen LogP contribution in [0.4, 0.5) is 5.69 Å². The van der Waals surface area contributed by atoms with E-state index >= 15 is 0 Å². The highest BCUT2D eigenvalue weighted by Crippen LogP contribution is 2.48. The zero-order valence-electron chi connectivity index (χ0n) is 15.8. The van der Waals surface area contributed by atoms with Gasteiger partial charge in [-0.15, -0.1) is 11.3 Å². The van der Waals surface area contributed by atoms with E-state index in [1.165, 1.54) is 23.3 Å². The molecule has 5 rings (SSSR count). The predicted octanol–water partition coefficient (Wildman–Crippen LogP) is 5.36. The molecule has 0 unspecified atom stereocenters. The first-order valence-corrected chi connectivity index (χ1v) is 10.9. The summed E-state index contributed by atoms with van der Waals surface area (Å²) < 4.78 is 0. The largest absolute Gasteiger partial charge is 0.324 e. The molecule has 1 aromatic heterocycles. The van der Waals surface area contributed by atoms with Gasteiger partial charge < -0.3 is 5.32 Å². The van der Waals surface area contributed by atoms with Crippen LogP contribution in [-0.4, -0.2) is 23.9 Å². The van der Waals surface area contributed by atoms with Gasteiger partial charge in [-0.3, -0.25) is 9.69 Å². The molecule has 0 bridgehead atoms. The fourth-order valence-corrected chi connectivity index (χ4v) is 5.29. The summed E-state index contributed by atoms with van der Waals surface area (Å²) in [5.41, 5.74) is 4.54. The number of nitrogens with one attached hydrogen (secondary N) is 1. The zero-order chi connectivity index (χ0) is 18.9. The monoisotopic (exact) mass is 388 g/mol. The number of nitrogens with zero attached hydrogens (tertiary/aromatic N) is 1. The summed E-state index contributed by atoms with van der Waals surface area (Å²) in [4.78, 5) is 16.9. The second-order valence-corrected chi connectivity index (χ2v) is 8.76. The van der Waals surface area contributed by atoms with Gasteiger partial charge in [0.05, 0.1) is 6.54 Å². The van der Waals surface area contributed by atoms with Crippen LogP contribution in [0.3, 0.4) is 0 Å². The van der Waals surface area contributed by atoms with Gasteiger partial charge >= 0.3 is 0 Å². The number of hydrogen-bond donors (Lipinski definition) is 1. The second kappa shape index (κ2) is 7.53. The highest BCUT2D eigenvalue weighted by atomic mass is 32.1. The molecule has 3 aromatic rings. The van der Waals surface area contributed by atoms with E-state index in [-0.39, 0.29) is 5.91 Å². The summed E-state index contributed by atoms with van der Waals surface area (Å²) >= 11 is 1.87. The summed E-state index contributed by atoms with van der Waals surface area (Å²) in [6.45, 7) is 1.43. The average Bonchev–Trinajstić information content (AvgIpc) is 3.45. The molecule has 0 radical (unpaired) electrons. The van der Waals surface area contributed by atoms with E-state index in [1.54, 1.807) is 0 Å². The molecule has 1 amide bonds. The van der Waals surface area contributed by atoms with Gasteiger partial charge in [0.25, 0.3) is 0 Å². The van der Waals surface area contributed by atoms with Crippen molar-refractivity contribution >= 4 is 22.9 Å². The fraction of sp³-hybridized carbons (Fsp3) is 0.292. The summed E-state index contributed by atoms with van der Waals surface area (Å²) in [6, 6.07) is 21.0. The van der Waals surface area contributed by atoms with Crippen LogP contribution in [0, 0.1) is 5.92 Å². The Bertz CT molecular complexity index is 977. The van der Waals surface area contributed by atoms with Crippen molar-refractivity contribution < 1.29 is 4.79 Å². The smallest absolute Gasteiger partial charge is 0.238 e. The lowest BCUT2D eigenvalue weighted by atomic mass is 9.96. The quantitative estimate of drug-likeness (QED) is 0.638. The lowest BCUT2D eigenvalue weighted by Crippen LogP contribution is -2.41. The van der Waals surface area contributed by atoms with E-state index in [1.807, 2.05) is 47.7 Å². The zero-order valence-corrected chi connectivity index (χ0v) is 16.6. The van der Waals surface area contributed by atoms with Crippen molar-refractivity contribution in [1.29, 1.82) is 0 Å². The van der Waals surface area contributed by atoms with Crippen molar-refractivity contribution in [2.24, 2.45) is 5.92 Å². The Morgan fingerprint density at radius 3 is 2.64 bits per heavy atom. The van der Waals surface area contributed by atoms with Gasteiger partial charge in [0.1, 0.15) is 0 Å². The molecule has 1 atom stereocenters. The number of amides is 1. The van der Waals surface area contributed by atoms with Crippen LogP contribution in [0.2, 0.25) is 0 Å². The Kier molecular flexibility index (Phi) is 4.75. The number of para-hydroxylation sites is 1. The van der Waals surface area contributed by atoms with Crippen LogP contribution >= 0.6 is 11.3 Å². The van der Waals surface area contributed by atoms with Crippen LogP contribution in [-0.2, 0) is 11.2 Å². The van der Waals surface area contributed by atoms with Crippen LogP contribution in [0.15, 0.2) is 66.0 Å². The van der Waals surface area contributed by atoms with Gasteiger partial charge in [-0.25, -0.2) is 0 Å². The summed E-state index contributed by atoms with van der Waals surface area (Å²) in [7, 11) is 0. The molecule has 2 heterocycles. The summed E-state index contributed by atoms with van der Waals surface area (Å²) in [6.07, 6.45) is 3.63. The minimum Gasteiger partial charge on any atom is -0.324 e. The number of carbonyl (C=O) groups excluding carboxylic acids is 1. The third kappa shape index (κ3) is 3.50. The lowest BCUT2D eigenvalue weighted by Gasteiger charge is -2.35. The summed E-state index contributed by atoms with van der Waals surface area (Å²) in [5.74, 6) is 0.797. The molecule has 0 saturated heterocycles. The van der Waals surface area contributed by atoms with Crippen molar-refractivity contribution in [2.75, 3.05) is 18.4 Å². The Morgan fingerprint density at radius 1 is 1.04 bits per heavy atom. The standard InChI is InChI=1S/C24H24N2OS/c27-23(25-21-9-5-4-8-19(21)17-6-2-1-3-7-17)16-26-14-12-22-20(13-15-28-22)24(26)18-10-11-18/h1-9,13,15,18,24H,10-12,14,16H2,(H,25,27)/t24-/m1/s1. The molecule has 1 aliphatic carbocycles. The van der Waals surface area contributed by atoms with E-state index in [2.05, 4.69) is 39.9 Å². The van der Waals surface area contributed by atoms with Crippen LogP contribution in [0.25, 0.3) is 11.1 Å². The minimum atomic E-state index is 0.0766. The molecule has 3 nitrogen and oxygen atoms in total. The first-order chi connectivity index (χ1) is 13.8. The average molecular weight is 389 g/mol.